The third-order valence-corrected chi connectivity index (χ3v) is 3.93. The van der Waals surface area contributed by atoms with E-state index in [2.05, 4.69) is 4.90 Å². The van der Waals surface area contributed by atoms with Gasteiger partial charge in [-0.3, -0.25) is 4.79 Å². The lowest BCUT2D eigenvalue weighted by atomic mass is 9.96. The Morgan fingerprint density at radius 3 is 2.53 bits per heavy atom. The fourth-order valence-corrected chi connectivity index (χ4v) is 2.74. The van der Waals surface area contributed by atoms with Crippen LogP contribution in [0.4, 0.5) is 0 Å². The van der Waals surface area contributed by atoms with Gasteiger partial charge in [-0.2, -0.15) is 0 Å². The van der Waals surface area contributed by atoms with E-state index in [0.29, 0.717) is 5.92 Å². The third kappa shape index (κ3) is 5.91. The van der Waals surface area contributed by atoms with E-state index in [1.54, 1.807) is 7.11 Å². The van der Waals surface area contributed by atoms with Crippen molar-refractivity contribution < 1.29 is 9.53 Å². The Hall–Kier alpha value is -0.610. The molecule has 0 N–H and O–H groups in total. The van der Waals surface area contributed by atoms with E-state index in [4.69, 9.17) is 4.74 Å². The van der Waals surface area contributed by atoms with E-state index in [1.165, 1.54) is 12.8 Å². The van der Waals surface area contributed by atoms with Gasteiger partial charge < -0.3 is 14.5 Å². The molecule has 0 aliphatic carbocycles. The zero-order valence-corrected chi connectivity index (χ0v) is 13.0. The summed E-state index contributed by atoms with van der Waals surface area (Å²) >= 11 is 0. The lowest BCUT2D eigenvalue weighted by Gasteiger charge is -2.34. The molecule has 1 aliphatic rings. The Kier molecular flexibility index (Phi) is 7.39. The molecule has 19 heavy (non-hydrogen) atoms. The summed E-state index contributed by atoms with van der Waals surface area (Å²) in [5, 5.41) is 0. The van der Waals surface area contributed by atoms with Crippen LogP contribution in [0.5, 0.6) is 0 Å². The average Bonchev–Trinajstić information content (AvgIpc) is 2.40. The molecular formula is C15H30N2O2. The van der Waals surface area contributed by atoms with Gasteiger partial charge in [-0.25, -0.2) is 0 Å². The smallest absolute Gasteiger partial charge is 0.224 e. The van der Waals surface area contributed by atoms with Crippen molar-refractivity contribution in [3.63, 3.8) is 0 Å². The normalized spacial score (nSPS) is 17.9. The minimum absolute atomic E-state index is 0.110. The highest BCUT2D eigenvalue weighted by Gasteiger charge is 2.22. The molecule has 4 nitrogen and oxygen atoms in total. The Morgan fingerprint density at radius 2 is 2.00 bits per heavy atom. The van der Waals surface area contributed by atoms with E-state index in [-0.39, 0.29) is 11.8 Å². The van der Waals surface area contributed by atoms with Crippen molar-refractivity contribution in [3.05, 3.63) is 0 Å². The predicted octanol–water partition coefficient (Wildman–Crippen LogP) is 1.85. The van der Waals surface area contributed by atoms with E-state index >= 15 is 0 Å². The molecule has 0 aromatic heterocycles. The molecule has 0 radical (unpaired) electrons. The van der Waals surface area contributed by atoms with Crippen molar-refractivity contribution in [2.24, 2.45) is 11.8 Å². The van der Waals surface area contributed by atoms with Crippen LogP contribution < -0.4 is 0 Å². The van der Waals surface area contributed by atoms with Gasteiger partial charge in [-0.15, -0.1) is 0 Å². The lowest BCUT2D eigenvalue weighted by molar-refractivity contribution is -0.133. The summed E-state index contributed by atoms with van der Waals surface area (Å²) in [4.78, 5) is 16.3. The average molecular weight is 270 g/mol. The van der Waals surface area contributed by atoms with Crippen LogP contribution in [0.15, 0.2) is 0 Å². The van der Waals surface area contributed by atoms with Crippen molar-refractivity contribution in [1.29, 1.82) is 0 Å². The molecule has 0 atom stereocenters. The number of ether oxygens (including phenoxy) is 1. The highest BCUT2D eigenvalue weighted by Crippen LogP contribution is 2.18. The van der Waals surface area contributed by atoms with Crippen molar-refractivity contribution in [2.45, 2.75) is 33.1 Å². The monoisotopic (exact) mass is 270 g/mol. The van der Waals surface area contributed by atoms with Gasteiger partial charge in [-0.05, 0) is 38.3 Å². The molecular weight excluding hydrogens is 240 g/mol. The second kappa shape index (κ2) is 8.54. The second-order valence-electron chi connectivity index (χ2n) is 6.00. The Balaban J connectivity index is 2.21. The molecule has 0 spiro atoms. The van der Waals surface area contributed by atoms with E-state index < -0.39 is 0 Å². The van der Waals surface area contributed by atoms with Gasteiger partial charge >= 0.3 is 0 Å². The fourth-order valence-electron chi connectivity index (χ4n) is 2.74. The van der Waals surface area contributed by atoms with E-state index in [0.717, 1.165) is 39.2 Å². The van der Waals surface area contributed by atoms with Crippen LogP contribution in [-0.4, -0.2) is 62.7 Å². The second-order valence-corrected chi connectivity index (χ2v) is 6.00. The number of piperidine rings is 1. The van der Waals surface area contributed by atoms with Gasteiger partial charge in [0.05, 0.1) is 0 Å². The molecule has 1 amide bonds. The molecule has 0 bridgehead atoms. The Morgan fingerprint density at radius 1 is 1.37 bits per heavy atom. The molecule has 112 valence electrons. The number of methoxy groups -OCH3 is 1. The molecule has 0 aromatic carbocycles. The Bertz CT molecular complexity index is 261. The van der Waals surface area contributed by atoms with Crippen LogP contribution in [0, 0.1) is 11.8 Å². The summed E-state index contributed by atoms with van der Waals surface area (Å²) in [5.74, 6) is 1.05. The molecule has 1 heterocycles. The van der Waals surface area contributed by atoms with Crippen LogP contribution in [-0.2, 0) is 9.53 Å². The SMILES string of the molecule is COCCCN1CCC(CN(C)C(=O)C(C)C)CC1. The van der Waals surface area contributed by atoms with Gasteiger partial charge in [-0.1, -0.05) is 13.8 Å². The molecule has 1 rings (SSSR count). The molecule has 1 saturated heterocycles. The predicted molar refractivity (Wildman–Crippen MR) is 78.1 cm³/mol. The number of likely N-dealkylation sites (tertiary alicyclic amines) is 1. The molecule has 4 heteroatoms. The number of nitrogens with zero attached hydrogens (tertiary/aromatic N) is 2. The molecule has 0 unspecified atom stereocenters. The maximum absolute atomic E-state index is 11.9. The topological polar surface area (TPSA) is 32.8 Å². The highest BCUT2D eigenvalue weighted by atomic mass is 16.5. The Labute approximate surface area is 118 Å². The maximum Gasteiger partial charge on any atom is 0.224 e. The van der Waals surface area contributed by atoms with Gasteiger partial charge in [0.15, 0.2) is 0 Å². The summed E-state index contributed by atoms with van der Waals surface area (Å²) in [6, 6.07) is 0. The minimum Gasteiger partial charge on any atom is -0.385 e. The van der Waals surface area contributed by atoms with Crippen molar-refractivity contribution in [2.75, 3.05) is 46.9 Å². The number of hydrogen-bond acceptors (Lipinski definition) is 3. The van der Waals surface area contributed by atoms with E-state index in [9.17, 15) is 4.79 Å². The van der Waals surface area contributed by atoms with E-state index in [1.807, 2.05) is 25.8 Å². The molecule has 0 saturated carbocycles. The highest BCUT2D eigenvalue weighted by molar-refractivity contribution is 5.77. The van der Waals surface area contributed by atoms with Crippen molar-refractivity contribution in [1.82, 2.24) is 9.80 Å². The fraction of sp³-hybridized carbons (Fsp3) is 0.933. The summed E-state index contributed by atoms with van der Waals surface area (Å²) in [6.45, 7) is 9.18. The summed E-state index contributed by atoms with van der Waals surface area (Å²) in [5.41, 5.74) is 0. The van der Waals surface area contributed by atoms with Gasteiger partial charge in [0.25, 0.3) is 0 Å². The van der Waals surface area contributed by atoms with Crippen LogP contribution >= 0.6 is 0 Å². The third-order valence-electron chi connectivity index (χ3n) is 3.93. The number of carbonyl (C=O) groups excluding carboxylic acids is 1. The van der Waals surface area contributed by atoms with Crippen molar-refractivity contribution in [3.8, 4) is 0 Å². The first-order valence-electron chi connectivity index (χ1n) is 7.50. The van der Waals surface area contributed by atoms with Gasteiger partial charge in [0.1, 0.15) is 0 Å². The van der Waals surface area contributed by atoms with Crippen LogP contribution in [0.3, 0.4) is 0 Å². The largest absolute Gasteiger partial charge is 0.385 e. The zero-order chi connectivity index (χ0) is 14.3. The molecule has 1 fully saturated rings. The molecule has 1 aliphatic heterocycles. The summed E-state index contributed by atoms with van der Waals surface area (Å²) in [7, 11) is 3.70. The van der Waals surface area contributed by atoms with Crippen LogP contribution in [0.1, 0.15) is 33.1 Å². The van der Waals surface area contributed by atoms with Crippen LogP contribution in [0.2, 0.25) is 0 Å². The van der Waals surface area contributed by atoms with Gasteiger partial charge in [0.2, 0.25) is 5.91 Å². The molecule has 0 aromatic rings. The number of amides is 1. The van der Waals surface area contributed by atoms with Crippen LogP contribution in [0.25, 0.3) is 0 Å². The summed E-state index contributed by atoms with van der Waals surface area (Å²) in [6.07, 6.45) is 3.54. The summed E-state index contributed by atoms with van der Waals surface area (Å²) < 4.78 is 5.08. The van der Waals surface area contributed by atoms with Gasteiger partial charge in [0, 0.05) is 39.8 Å². The first kappa shape index (κ1) is 16.4. The maximum atomic E-state index is 11.9. The zero-order valence-electron chi connectivity index (χ0n) is 13.0. The minimum atomic E-state index is 0.110. The first-order chi connectivity index (χ1) is 9.04. The number of hydrogen-bond donors (Lipinski definition) is 0. The standard InChI is InChI=1S/C15H30N2O2/c1-13(2)15(18)16(3)12-14-6-9-17(10-7-14)8-5-11-19-4/h13-14H,5-12H2,1-4H3. The number of carbonyl (C=O) groups is 1. The number of rotatable bonds is 7. The quantitative estimate of drug-likeness (QED) is 0.662. The first-order valence-corrected chi connectivity index (χ1v) is 7.50. The lowest BCUT2D eigenvalue weighted by Crippen LogP contribution is -2.40. The van der Waals surface area contributed by atoms with Crippen molar-refractivity contribution >= 4 is 5.91 Å².